The van der Waals surface area contributed by atoms with Gasteiger partial charge in [0.15, 0.2) is 0 Å². The van der Waals surface area contributed by atoms with Crippen LogP contribution in [-0.2, 0) is 0 Å². The topological polar surface area (TPSA) is 25.8 Å². The molecule has 0 aromatic carbocycles. The van der Waals surface area contributed by atoms with Gasteiger partial charge in [-0.3, -0.25) is 0 Å². The minimum absolute atomic E-state index is 0.306. The zero-order chi connectivity index (χ0) is 7.40. The van der Waals surface area contributed by atoms with Crippen LogP contribution in [0.4, 0.5) is 0 Å². The van der Waals surface area contributed by atoms with Crippen molar-refractivity contribution < 1.29 is 0 Å². The zero-order valence-electron chi connectivity index (χ0n) is 5.54. The molecule has 0 radical (unpaired) electrons. The highest BCUT2D eigenvalue weighted by atomic mass is 35.5. The van der Waals surface area contributed by atoms with Crippen molar-refractivity contribution in [2.45, 2.75) is 11.8 Å². The first-order chi connectivity index (χ1) is 4.83. The molecule has 10 heavy (non-hydrogen) atoms. The fourth-order valence-corrected chi connectivity index (χ4v) is 1.23. The summed E-state index contributed by atoms with van der Waals surface area (Å²) in [5.41, 5.74) is 0. The van der Waals surface area contributed by atoms with Gasteiger partial charge in [0.2, 0.25) is 5.28 Å². The quantitative estimate of drug-likeness (QED) is 0.508. The summed E-state index contributed by atoms with van der Waals surface area (Å²) in [5, 5.41) is 0.306. The molecule has 1 aromatic heterocycles. The molecule has 2 nitrogen and oxygen atoms in total. The fraction of sp³-hybridized carbons (Fsp3) is 0.333. The summed E-state index contributed by atoms with van der Waals surface area (Å²) in [5.74, 6) is 1.03. The second-order valence-electron chi connectivity index (χ2n) is 1.62. The third kappa shape index (κ3) is 2.15. The molecule has 0 saturated heterocycles. The van der Waals surface area contributed by atoms with Crippen LogP contribution in [0.3, 0.4) is 0 Å². The summed E-state index contributed by atoms with van der Waals surface area (Å²) in [6.45, 7) is 2.08. The molecule has 4 heteroatoms. The first-order valence-corrected chi connectivity index (χ1v) is 4.29. The normalized spacial score (nSPS) is 9.80. The number of aromatic nitrogens is 2. The highest BCUT2D eigenvalue weighted by Crippen LogP contribution is 2.14. The number of hydrogen-bond acceptors (Lipinski definition) is 3. The maximum atomic E-state index is 5.48. The van der Waals surface area contributed by atoms with Gasteiger partial charge >= 0.3 is 0 Å². The van der Waals surface area contributed by atoms with E-state index >= 15 is 0 Å². The Morgan fingerprint density at radius 2 is 2.10 bits per heavy atom. The van der Waals surface area contributed by atoms with Gasteiger partial charge in [-0.2, -0.15) is 0 Å². The van der Waals surface area contributed by atoms with Gasteiger partial charge in [-0.15, -0.1) is 11.8 Å². The molecule has 0 aliphatic rings. The largest absolute Gasteiger partial charge is 0.225 e. The van der Waals surface area contributed by atoms with Gasteiger partial charge in [-0.05, 0) is 17.4 Å². The molecule has 54 valence electrons. The van der Waals surface area contributed by atoms with Gasteiger partial charge in [0.1, 0.15) is 0 Å². The van der Waals surface area contributed by atoms with Crippen molar-refractivity contribution >= 4 is 23.4 Å². The van der Waals surface area contributed by atoms with E-state index in [4.69, 9.17) is 11.6 Å². The van der Waals surface area contributed by atoms with Gasteiger partial charge in [-0.1, -0.05) is 6.92 Å². The SMILES string of the molecule is CCSc1cnc(Cl)nc1. The summed E-state index contributed by atoms with van der Waals surface area (Å²) in [7, 11) is 0. The van der Waals surface area contributed by atoms with Crippen LogP contribution in [0.25, 0.3) is 0 Å². The standard InChI is InChI=1S/C6H7ClN2S/c1-2-10-5-3-8-6(7)9-4-5/h3-4H,2H2,1H3. The number of thioether (sulfide) groups is 1. The third-order valence-electron chi connectivity index (χ3n) is 0.908. The number of hydrogen-bond donors (Lipinski definition) is 0. The first-order valence-electron chi connectivity index (χ1n) is 2.93. The lowest BCUT2D eigenvalue weighted by Crippen LogP contribution is -1.81. The summed E-state index contributed by atoms with van der Waals surface area (Å²) >= 11 is 7.18. The summed E-state index contributed by atoms with van der Waals surface area (Å²) < 4.78 is 0. The van der Waals surface area contributed by atoms with E-state index in [-0.39, 0.29) is 0 Å². The average molecular weight is 175 g/mol. The Kier molecular flexibility index (Phi) is 2.96. The highest BCUT2D eigenvalue weighted by molar-refractivity contribution is 7.99. The van der Waals surface area contributed by atoms with Gasteiger partial charge in [0, 0.05) is 17.3 Å². The molecule has 1 heterocycles. The molecule has 0 aliphatic carbocycles. The monoisotopic (exact) mass is 174 g/mol. The van der Waals surface area contributed by atoms with Crippen LogP contribution in [-0.4, -0.2) is 15.7 Å². The maximum absolute atomic E-state index is 5.48. The molecule has 0 fully saturated rings. The Bertz CT molecular complexity index is 199. The molecule has 0 bridgehead atoms. The Labute approximate surface area is 69.0 Å². The molecule has 0 N–H and O–H groups in total. The average Bonchev–Trinajstić information content (AvgIpc) is 1.95. The van der Waals surface area contributed by atoms with Crippen molar-refractivity contribution in [2.75, 3.05) is 5.75 Å². The molecule has 0 spiro atoms. The molecular formula is C6H7ClN2S. The molecular weight excluding hydrogens is 168 g/mol. The first kappa shape index (κ1) is 7.82. The number of nitrogens with zero attached hydrogens (tertiary/aromatic N) is 2. The van der Waals surface area contributed by atoms with E-state index in [0.29, 0.717) is 5.28 Å². The van der Waals surface area contributed by atoms with E-state index in [0.717, 1.165) is 10.6 Å². The second kappa shape index (κ2) is 3.78. The molecule has 0 unspecified atom stereocenters. The lowest BCUT2D eigenvalue weighted by molar-refractivity contribution is 1.10. The molecule has 1 aromatic rings. The van der Waals surface area contributed by atoms with E-state index in [1.165, 1.54) is 0 Å². The van der Waals surface area contributed by atoms with Crippen LogP contribution in [0.5, 0.6) is 0 Å². The Hall–Kier alpha value is -0.280. The Morgan fingerprint density at radius 3 is 2.60 bits per heavy atom. The predicted molar refractivity (Wildman–Crippen MR) is 43.4 cm³/mol. The van der Waals surface area contributed by atoms with E-state index in [1.807, 2.05) is 0 Å². The molecule has 0 saturated carbocycles. The van der Waals surface area contributed by atoms with E-state index in [9.17, 15) is 0 Å². The third-order valence-corrected chi connectivity index (χ3v) is 1.94. The van der Waals surface area contributed by atoms with Crippen molar-refractivity contribution in [1.29, 1.82) is 0 Å². The minimum atomic E-state index is 0.306. The van der Waals surface area contributed by atoms with Crippen molar-refractivity contribution in [1.82, 2.24) is 9.97 Å². The number of rotatable bonds is 2. The lowest BCUT2D eigenvalue weighted by atomic mass is 10.7. The fourth-order valence-electron chi connectivity index (χ4n) is 0.542. The van der Waals surface area contributed by atoms with Crippen LogP contribution in [0.15, 0.2) is 17.3 Å². The molecule has 0 amide bonds. The second-order valence-corrected chi connectivity index (χ2v) is 3.30. The maximum Gasteiger partial charge on any atom is 0.222 e. The van der Waals surface area contributed by atoms with Crippen molar-refractivity contribution in [3.63, 3.8) is 0 Å². The zero-order valence-corrected chi connectivity index (χ0v) is 7.11. The van der Waals surface area contributed by atoms with Crippen molar-refractivity contribution in [3.8, 4) is 0 Å². The van der Waals surface area contributed by atoms with E-state index in [2.05, 4.69) is 16.9 Å². The van der Waals surface area contributed by atoms with Crippen LogP contribution < -0.4 is 0 Å². The van der Waals surface area contributed by atoms with Crippen LogP contribution in [0.2, 0.25) is 5.28 Å². The number of halogens is 1. The van der Waals surface area contributed by atoms with Gasteiger partial charge < -0.3 is 0 Å². The Balaban J connectivity index is 2.69. The molecule has 0 aliphatic heterocycles. The lowest BCUT2D eigenvalue weighted by Gasteiger charge is -1.94. The predicted octanol–water partition coefficient (Wildman–Crippen LogP) is 2.24. The Morgan fingerprint density at radius 1 is 1.50 bits per heavy atom. The van der Waals surface area contributed by atoms with E-state index in [1.54, 1.807) is 24.2 Å². The van der Waals surface area contributed by atoms with E-state index < -0.39 is 0 Å². The van der Waals surface area contributed by atoms with Crippen molar-refractivity contribution in [2.24, 2.45) is 0 Å². The summed E-state index contributed by atoms with van der Waals surface area (Å²) in [4.78, 5) is 8.72. The molecule has 1 rings (SSSR count). The summed E-state index contributed by atoms with van der Waals surface area (Å²) in [6.07, 6.45) is 3.45. The minimum Gasteiger partial charge on any atom is -0.225 e. The smallest absolute Gasteiger partial charge is 0.222 e. The van der Waals surface area contributed by atoms with Crippen LogP contribution in [0, 0.1) is 0 Å². The van der Waals surface area contributed by atoms with Crippen molar-refractivity contribution in [3.05, 3.63) is 17.7 Å². The van der Waals surface area contributed by atoms with Gasteiger partial charge in [0.05, 0.1) is 0 Å². The van der Waals surface area contributed by atoms with Gasteiger partial charge in [0.25, 0.3) is 0 Å². The highest BCUT2D eigenvalue weighted by Gasteiger charge is 1.92. The van der Waals surface area contributed by atoms with Crippen LogP contribution in [0.1, 0.15) is 6.92 Å². The summed E-state index contributed by atoms with van der Waals surface area (Å²) in [6, 6.07) is 0. The van der Waals surface area contributed by atoms with Crippen LogP contribution >= 0.6 is 23.4 Å². The van der Waals surface area contributed by atoms with Gasteiger partial charge in [-0.25, -0.2) is 9.97 Å². The molecule has 0 atom stereocenters.